The second-order valence-corrected chi connectivity index (χ2v) is 10.9. The van der Waals surface area contributed by atoms with Gasteiger partial charge in [-0.3, -0.25) is 0 Å². The van der Waals surface area contributed by atoms with Crippen LogP contribution in [0.4, 0.5) is 5.69 Å². The fraction of sp³-hybridized carbons (Fsp3) is 0.259. The van der Waals surface area contributed by atoms with Gasteiger partial charge in [-0.25, -0.2) is 9.97 Å². The third-order valence-corrected chi connectivity index (χ3v) is 8.95. The zero-order chi connectivity index (χ0) is 22.0. The summed E-state index contributed by atoms with van der Waals surface area (Å²) in [6.07, 6.45) is 1.09. The molecule has 3 aromatic carbocycles. The third-order valence-electron chi connectivity index (χ3n) is 6.90. The van der Waals surface area contributed by atoms with Crippen LogP contribution >= 0.6 is 22.7 Å². The van der Waals surface area contributed by atoms with E-state index in [1.165, 1.54) is 48.5 Å². The number of nitrogens with zero attached hydrogens (tertiary/aromatic N) is 3. The molecule has 0 fully saturated rings. The highest BCUT2D eigenvalue weighted by molar-refractivity contribution is 7.21. The molecule has 0 saturated heterocycles. The van der Waals surface area contributed by atoms with Crippen molar-refractivity contribution in [2.24, 2.45) is 0 Å². The Balaban J connectivity index is 1.42. The second kappa shape index (κ2) is 7.39. The first-order valence-corrected chi connectivity index (χ1v) is 12.7. The Labute approximate surface area is 196 Å². The molecule has 0 aliphatic carbocycles. The Morgan fingerprint density at radius 1 is 1.03 bits per heavy atom. The molecule has 0 radical (unpaired) electrons. The summed E-state index contributed by atoms with van der Waals surface area (Å²) >= 11 is 3.49. The van der Waals surface area contributed by atoms with Gasteiger partial charge in [0.2, 0.25) is 0 Å². The molecule has 3 heterocycles. The summed E-state index contributed by atoms with van der Waals surface area (Å²) in [7, 11) is 2.22. The number of fused-ring (bicyclic) bond motifs is 3. The summed E-state index contributed by atoms with van der Waals surface area (Å²) in [5.74, 6) is 0.483. The number of anilines is 1. The number of aromatic nitrogens is 2. The molecule has 1 aliphatic rings. The van der Waals surface area contributed by atoms with E-state index in [1.807, 2.05) is 5.51 Å². The smallest absolute Gasteiger partial charge is 0.124 e. The minimum absolute atomic E-state index is 0.483. The predicted octanol–water partition coefficient (Wildman–Crippen LogP) is 7.27. The van der Waals surface area contributed by atoms with Crippen molar-refractivity contribution in [3.05, 3.63) is 75.8 Å². The van der Waals surface area contributed by atoms with Gasteiger partial charge >= 0.3 is 0 Å². The first kappa shape index (κ1) is 19.9. The molecule has 6 rings (SSSR count). The number of benzene rings is 3. The minimum atomic E-state index is 0.483. The van der Waals surface area contributed by atoms with E-state index in [0.717, 1.165) is 29.0 Å². The maximum Gasteiger partial charge on any atom is 0.124 e. The van der Waals surface area contributed by atoms with Gasteiger partial charge in [0.15, 0.2) is 0 Å². The molecule has 0 N–H and O–H groups in total. The van der Waals surface area contributed by atoms with Gasteiger partial charge in [0, 0.05) is 30.8 Å². The van der Waals surface area contributed by atoms with Crippen molar-refractivity contribution >= 4 is 48.8 Å². The van der Waals surface area contributed by atoms with Gasteiger partial charge in [0.25, 0.3) is 0 Å². The molecule has 32 heavy (non-hydrogen) atoms. The summed E-state index contributed by atoms with van der Waals surface area (Å²) < 4.78 is 2.53. The standard InChI is InChI=1S/C27H25N3S2/c1-15-6-5-7-23-21(15)11-19(13-30(23)4)20-8-9-24-25(17(20)3)29-27(32-24)18-10-16(2)26-22(12-18)28-14-31-26/h5-10,12,14,19H,11,13H2,1-4H3. The predicted molar refractivity (Wildman–Crippen MR) is 139 cm³/mol. The largest absolute Gasteiger partial charge is 0.374 e. The summed E-state index contributed by atoms with van der Waals surface area (Å²) in [6, 6.07) is 15.7. The van der Waals surface area contributed by atoms with Gasteiger partial charge in [0.05, 0.1) is 25.9 Å². The fourth-order valence-electron chi connectivity index (χ4n) is 5.23. The van der Waals surface area contributed by atoms with Crippen LogP contribution < -0.4 is 4.90 Å². The van der Waals surface area contributed by atoms with E-state index in [4.69, 9.17) is 4.98 Å². The number of likely N-dealkylation sites (N-methyl/N-ethyl adjacent to an activating group) is 1. The van der Waals surface area contributed by atoms with Crippen LogP contribution in [0.5, 0.6) is 0 Å². The maximum absolute atomic E-state index is 5.13. The first-order valence-electron chi connectivity index (χ1n) is 11.0. The van der Waals surface area contributed by atoms with Crippen LogP contribution in [0.25, 0.3) is 31.0 Å². The summed E-state index contributed by atoms with van der Waals surface area (Å²) in [5, 5.41) is 1.08. The lowest BCUT2D eigenvalue weighted by molar-refractivity contribution is 0.634. The van der Waals surface area contributed by atoms with Gasteiger partial charge < -0.3 is 4.90 Å². The zero-order valence-electron chi connectivity index (χ0n) is 18.8. The molecule has 3 nitrogen and oxygen atoms in total. The van der Waals surface area contributed by atoms with Crippen LogP contribution in [0.2, 0.25) is 0 Å². The maximum atomic E-state index is 5.13. The molecule has 1 atom stereocenters. The number of hydrogen-bond acceptors (Lipinski definition) is 5. The molecular weight excluding hydrogens is 430 g/mol. The summed E-state index contributed by atoms with van der Waals surface area (Å²) in [4.78, 5) is 12.1. The number of thiazole rings is 2. The normalized spacial score (nSPS) is 16.1. The molecule has 0 saturated carbocycles. The van der Waals surface area contributed by atoms with E-state index in [2.05, 4.69) is 80.2 Å². The molecule has 0 amide bonds. The van der Waals surface area contributed by atoms with Crippen molar-refractivity contribution in [1.29, 1.82) is 0 Å². The van der Waals surface area contributed by atoms with Crippen LogP contribution in [-0.2, 0) is 6.42 Å². The van der Waals surface area contributed by atoms with Crippen molar-refractivity contribution in [3.63, 3.8) is 0 Å². The summed E-state index contributed by atoms with van der Waals surface area (Å²) in [6.45, 7) is 7.70. The van der Waals surface area contributed by atoms with E-state index in [9.17, 15) is 0 Å². The highest BCUT2D eigenvalue weighted by atomic mass is 32.1. The van der Waals surface area contributed by atoms with E-state index in [-0.39, 0.29) is 0 Å². The first-order chi connectivity index (χ1) is 15.5. The molecule has 1 aliphatic heterocycles. The Kier molecular flexibility index (Phi) is 4.60. The Morgan fingerprint density at radius 2 is 1.91 bits per heavy atom. The molecule has 2 aromatic heterocycles. The molecule has 5 heteroatoms. The van der Waals surface area contributed by atoms with Gasteiger partial charge in [-0.05, 0) is 79.3 Å². The van der Waals surface area contributed by atoms with Gasteiger partial charge in [-0.2, -0.15) is 0 Å². The van der Waals surface area contributed by atoms with Crippen molar-refractivity contribution in [2.45, 2.75) is 33.1 Å². The van der Waals surface area contributed by atoms with Crippen LogP contribution in [-0.4, -0.2) is 23.6 Å². The molecule has 1 unspecified atom stereocenters. The number of rotatable bonds is 2. The molecule has 0 bridgehead atoms. The van der Waals surface area contributed by atoms with E-state index in [0.29, 0.717) is 5.92 Å². The van der Waals surface area contributed by atoms with Crippen molar-refractivity contribution in [1.82, 2.24) is 9.97 Å². The average Bonchev–Trinajstić information content (AvgIpc) is 3.42. The topological polar surface area (TPSA) is 29.0 Å². The molecule has 5 aromatic rings. The van der Waals surface area contributed by atoms with Crippen LogP contribution in [0, 0.1) is 20.8 Å². The van der Waals surface area contributed by atoms with Crippen LogP contribution in [0.1, 0.15) is 33.7 Å². The van der Waals surface area contributed by atoms with Crippen molar-refractivity contribution in [3.8, 4) is 10.6 Å². The van der Waals surface area contributed by atoms with Crippen LogP contribution in [0.3, 0.4) is 0 Å². The van der Waals surface area contributed by atoms with Gasteiger partial charge in [0.1, 0.15) is 5.01 Å². The Morgan fingerprint density at radius 3 is 2.78 bits per heavy atom. The lowest BCUT2D eigenvalue weighted by Crippen LogP contribution is -2.31. The van der Waals surface area contributed by atoms with Crippen LogP contribution in [0.15, 0.2) is 48.0 Å². The molecule has 0 spiro atoms. The Hall–Kier alpha value is -2.76. The molecular formula is C27H25N3S2. The van der Waals surface area contributed by atoms with Crippen molar-refractivity contribution < 1.29 is 0 Å². The monoisotopic (exact) mass is 455 g/mol. The highest BCUT2D eigenvalue weighted by Gasteiger charge is 2.26. The lowest BCUT2D eigenvalue weighted by Gasteiger charge is -2.35. The number of hydrogen-bond donors (Lipinski definition) is 0. The fourth-order valence-corrected chi connectivity index (χ4v) is 6.99. The average molecular weight is 456 g/mol. The van der Waals surface area contributed by atoms with E-state index < -0.39 is 0 Å². The highest BCUT2D eigenvalue weighted by Crippen LogP contribution is 2.40. The summed E-state index contributed by atoms with van der Waals surface area (Å²) in [5.41, 5.74) is 13.6. The number of aryl methyl sites for hydroxylation is 3. The van der Waals surface area contributed by atoms with E-state index in [1.54, 1.807) is 22.7 Å². The Bertz CT molecular complexity index is 1490. The van der Waals surface area contributed by atoms with Crippen molar-refractivity contribution in [2.75, 3.05) is 18.5 Å². The van der Waals surface area contributed by atoms with Gasteiger partial charge in [-0.15, -0.1) is 22.7 Å². The second-order valence-electron chi connectivity index (χ2n) is 8.99. The SMILES string of the molecule is Cc1cccc2c1CC(c1ccc3sc(-c4cc(C)c5scnc5c4)nc3c1C)CN2C. The third kappa shape index (κ3) is 3.06. The quantitative estimate of drug-likeness (QED) is 0.280. The minimum Gasteiger partial charge on any atom is -0.374 e. The molecule has 160 valence electrons. The zero-order valence-corrected chi connectivity index (χ0v) is 20.4. The van der Waals surface area contributed by atoms with Gasteiger partial charge in [-0.1, -0.05) is 18.2 Å². The lowest BCUT2D eigenvalue weighted by atomic mass is 9.83. The van der Waals surface area contributed by atoms with E-state index >= 15 is 0 Å².